The van der Waals surface area contributed by atoms with Gasteiger partial charge < -0.3 is 68.8 Å². The molecule has 2 unspecified atom stereocenters. The van der Waals surface area contributed by atoms with Gasteiger partial charge in [-0.15, -0.1) is 38.3 Å². The van der Waals surface area contributed by atoms with Gasteiger partial charge in [0.1, 0.15) is 0 Å². The summed E-state index contributed by atoms with van der Waals surface area (Å²) in [5.41, 5.74) is 66.2. The van der Waals surface area contributed by atoms with Gasteiger partial charge in [-0.05, 0) is 93.1 Å². The zero-order valence-electron chi connectivity index (χ0n) is 48.2. The summed E-state index contributed by atoms with van der Waals surface area (Å²) in [5, 5.41) is 0. The lowest BCUT2D eigenvalue weighted by molar-refractivity contribution is 0.645. The van der Waals surface area contributed by atoms with Gasteiger partial charge in [-0.3, -0.25) is 0 Å². The molecule has 0 spiro atoms. The van der Waals surface area contributed by atoms with Crippen molar-refractivity contribution in [2.75, 3.05) is 45.8 Å². The Morgan fingerprint density at radius 3 is 1.45 bits per heavy atom. The first-order chi connectivity index (χ1) is 34.5. The standard InChI is InChI=1S/C9H11N.C6H11N.2C6H13N.C6H11N.2C5H11N.C5H9N.C4H9N.C3H7N.2C3H5N/c10-8-4-7-9-5-2-1-3-6-9;7-6-4-2-1-3-5-6;1-3-5-6(7)4-2;2*1-2-3-4-5-6-7;1-5(2)3-4-6;2*1-4-5(2,3)6;1-2-3-4-5;3*1-2-3-4/h1-7H,8,10H2;2,4,6H,1,3,5,7H2;4,6H,2-3,5,7H2,1H3;4-5H,2-3,6-7H2,1H3;2-5H,6-7H2,1H3;3H,4,6H2,1-2H3;4H,1,6H2,2-3H3;1H,6H2,2-3H3;2-3H,4-5H2,1H3;2H,1,3-4H2;3H,1,4H2;1H,3-4H2/b7-4+;;;5-4+;3-2+,5-4+;;;;3-2+;;;. The Morgan fingerprint density at radius 1 is 0.767 bits per heavy atom. The third kappa shape index (κ3) is 161. The van der Waals surface area contributed by atoms with E-state index in [0.717, 1.165) is 19.3 Å². The maximum atomic E-state index is 5.55. The first-order valence-electron chi connectivity index (χ1n) is 24.9. The van der Waals surface area contributed by atoms with E-state index in [1.807, 2.05) is 133 Å². The second kappa shape index (κ2) is 86.4. The van der Waals surface area contributed by atoms with E-state index >= 15 is 0 Å². The molecule has 0 heterocycles. The van der Waals surface area contributed by atoms with E-state index in [9.17, 15) is 0 Å². The molecule has 1 aromatic carbocycles. The first-order valence-corrected chi connectivity index (χ1v) is 24.9. The van der Waals surface area contributed by atoms with Crippen molar-refractivity contribution in [3.63, 3.8) is 0 Å². The van der Waals surface area contributed by atoms with Gasteiger partial charge in [0, 0.05) is 63.1 Å². The second-order valence-corrected chi connectivity index (χ2v) is 16.0. The Hall–Kier alpha value is -5.38. The van der Waals surface area contributed by atoms with Gasteiger partial charge >= 0.3 is 0 Å². The Bertz CT molecular complexity index is 1550. The molecule has 2 atom stereocenters. The van der Waals surface area contributed by atoms with E-state index in [1.54, 1.807) is 32.1 Å². The van der Waals surface area contributed by atoms with E-state index in [1.165, 1.54) is 43.0 Å². The minimum absolute atomic E-state index is 0.194. The molecule has 0 saturated heterocycles. The summed E-state index contributed by atoms with van der Waals surface area (Å²) in [7, 11) is 0. The highest BCUT2D eigenvalue weighted by atomic mass is 14.7. The average Bonchev–Trinajstić information content (AvgIpc) is 3.38. The number of hydrogen-bond donors (Lipinski definition) is 12. The average molecular weight is 1020 g/mol. The summed E-state index contributed by atoms with van der Waals surface area (Å²) in [5.74, 6) is 4.59. The Balaban J connectivity index is -0.0000000749. The molecule has 1 aromatic rings. The topological polar surface area (TPSA) is 312 Å². The van der Waals surface area contributed by atoms with E-state index in [-0.39, 0.29) is 11.6 Å². The SMILES string of the molecule is C#CC(C)(C)N.C#CCN.C/C=C/C=C/CN.C/C=C/CN.C=C=CN.C=CC(C)(C)N.C=CC(N)CCC.C=CCN.CC(C)=CCN.CCC/C=C/CN.NC/C=C/c1ccccc1.NC1C=CCCC1. The van der Waals surface area contributed by atoms with Crippen molar-refractivity contribution in [2.45, 2.75) is 137 Å². The molecule has 0 bridgehead atoms. The van der Waals surface area contributed by atoms with Crippen molar-refractivity contribution in [3.8, 4) is 24.7 Å². The van der Waals surface area contributed by atoms with Gasteiger partial charge in [-0.1, -0.05) is 178 Å². The Labute approximate surface area is 451 Å². The molecule has 0 aliphatic heterocycles. The Kier molecular flexibility index (Phi) is 107. The van der Waals surface area contributed by atoms with Gasteiger partial charge in [-0.25, -0.2) is 0 Å². The third-order valence-electron chi connectivity index (χ3n) is 6.99. The van der Waals surface area contributed by atoms with Crippen molar-refractivity contribution >= 4 is 6.08 Å². The van der Waals surface area contributed by atoms with Crippen molar-refractivity contribution in [3.05, 3.63) is 171 Å². The lowest BCUT2D eigenvalue weighted by atomic mass is 10.0. The number of hydrogen-bond acceptors (Lipinski definition) is 12. The van der Waals surface area contributed by atoms with Crippen LogP contribution in [0.2, 0.25) is 0 Å². The van der Waals surface area contributed by atoms with Crippen LogP contribution < -0.4 is 68.8 Å². The molecule has 73 heavy (non-hydrogen) atoms. The van der Waals surface area contributed by atoms with Gasteiger partial charge in [0.2, 0.25) is 0 Å². The number of rotatable bonds is 14. The molecule has 0 radical (unpaired) electrons. The number of allylic oxidation sites excluding steroid dienone is 7. The van der Waals surface area contributed by atoms with Gasteiger partial charge in [0.05, 0.1) is 12.1 Å². The molecule has 0 amide bonds. The molecule has 1 aliphatic rings. The molecule has 1 aliphatic carbocycles. The minimum Gasteiger partial charge on any atom is -0.398 e. The second-order valence-electron chi connectivity index (χ2n) is 16.0. The molecular weight excluding hydrogens is 901 g/mol. The van der Waals surface area contributed by atoms with E-state index in [4.69, 9.17) is 75.2 Å². The maximum Gasteiger partial charge on any atom is 0.0716 e. The predicted octanol–water partition coefficient (Wildman–Crippen LogP) is 9.04. The predicted molar refractivity (Wildman–Crippen MR) is 338 cm³/mol. The maximum absolute atomic E-state index is 5.55. The van der Waals surface area contributed by atoms with Crippen LogP contribution >= 0.6 is 0 Å². The zero-order valence-corrected chi connectivity index (χ0v) is 48.2. The summed E-state index contributed by atoms with van der Waals surface area (Å²) in [6.45, 7) is 37.4. The fourth-order valence-corrected chi connectivity index (χ4v) is 3.08. The van der Waals surface area contributed by atoms with Crippen LogP contribution in [0.25, 0.3) is 6.08 Å². The van der Waals surface area contributed by atoms with Crippen molar-refractivity contribution in [1.29, 1.82) is 0 Å². The largest absolute Gasteiger partial charge is 0.398 e. The van der Waals surface area contributed by atoms with Crippen LogP contribution in [0.4, 0.5) is 0 Å². The number of terminal acetylenes is 2. The summed E-state index contributed by atoms with van der Waals surface area (Å²) in [6, 6.07) is 10.7. The number of unbranched alkanes of at least 4 members (excludes halogenated alkanes) is 1. The number of nitrogens with two attached hydrogens (primary N) is 12. The lowest BCUT2D eigenvalue weighted by Gasteiger charge is -2.08. The van der Waals surface area contributed by atoms with E-state index in [0.29, 0.717) is 51.9 Å². The monoisotopic (exact) mass is 1020 g/mol. The lowest BCUT2D eigenvalue weighted by Crippen LogP contribution is -2.28. The van der Waals surface area contributed by atoms with Crippen LogP contribution in [0.1, 0.15) is 120 Å². The van der Waals surface area contributed by atoms with Crippen molar-refractivity contribution in [2.24, 2.45) is 68.8 Å². The summed E-state index contributed by atoms with van der Waals surface area (Å²) >= 11 is 0. The first kappa shape index (κ1) is 90.4. The molecule has 0 aromatic heterocycles. The molecule has 420 valence electrons. The molecule has 12 heteroatoms. The highest BCUT2D eigenvalue weighted by Gasteiger charge is 2.01. The van der Waals surface area contributed by atoms with Gasteiger partial charge in [-0.2, -0.15) is 0 Å². The molecular formula is C61H116N12. The molecule has 2 rings (SSSR count). The van der Waals surface area contributed by atoms with Crippen LogP contribution in [0.15, 0.2) is 165 Å². The molecule has 0 fully saturated rings. The van der Waals surface area contributed by atoms with Gasteiger partial charge in [0.15, 0.2) is 0 Å². The van der Waals surface area contributed by atoms with Crippen LogP contribution in [-0.2, 0) is 0 Å². The normalized spacial score (nSPS) is 11.7. The fraction of sp³-hybridized carbons (Fsp3) is 0.459. The number of benzene rings is 1. The van der Waals surface area contributed by atoms with E-state index < -0.39 is 5.54 Å². The summed E-state index contributed by atoms with van der Waals surface area (Å²) in [6.07, 6.45) is 50.1. The van der Waals surface area contributed by atoms with Crippen LogP contribution in [0.5, 0.6) is 0 Å². The summed E-state index contributed by atoms with van der Waals surface area (Å²) < 4.78 is 0. The zero-order chi connectivity index (χ0) is 58.9. The third-order valence-corrected chi connectivity index (χ3v) is 6.99. The summed E-state index contributed by atoms with van der Waals surface area (Å²) in [4.78, 5) is 0. The van der Waals surface area contributed by atoms with Crippen molar-refractivity contribution in [1.82, 2.24) is 0 Å². The molecule has 0 saturated carbocycles. The highest BCUT2D eigenvalue weighted by molar-refractivity contribution is 5.48. The smallest absolute Gasteiger partial charge is 0.0716 e. The Morgan fingerprint density at radius 2 is 1.25 bits per heavy atom. The van der Waals surface area contributed by atoms with E-state index in [2.05, 4.69) is 82.4 Å². The molecule has 24 N–H and O–H groups in total. The van der Waals surface area contributed by atoms with Crippen molar-refractivity contribution < 1.29 is 0 Å². The quantitative estimate of drug-likeness (QED) is 0.0359. The highest BCUT2D eigenvalue weighted by Crippen LogP contribution is 2.07. The fourth-order valence-electron chi connectivity index (χ4n) is 3.08. The van der Waals surface area contributed by atoms with Crippen LogP contribution in [-0.4, -0.2) is 69.0 Å². The molecule has 12 nitrogen and oxygen atoms in total. The van der Waals surface area contributed by atoms with Gasteiger partial charge in [0.25, 0.3) is 0 Å². The van der Waals surface area contributed by atoms with Crippen LogP contribution in [0.3, 0.4) is 0 Å². The van der Waals surface area contributed by atoms with Crippen LogP contribution in [0, 0.1) is 24.7 Å². The minimum atomic E-state index is -0.431.